The van der Waals surface area contributed by atoms with E-state index in [1.807, 2.05) is 12.1 Å². The van der Waals surface area contributed by atoms with Crippen LogP contribution in [0.1, 0.15) is 47.2 Å². The van der Waals surface area contributed by atoms with Crippen LogP contribution >= 0.6 is 0 Å². The lowest BCUT2D eigenvalue weighted by atomic mass is 9.70. The summed E-state index contributed by atoms with van der Waals surface area (Å²) in [4.78, 5) is 4.82. The molecular formula is C64H44N2O. The van der Waals surface area contributed by atoms with Crippen molar-refractivity contribution in [3.05, 3.63) is 264 Å². The van der Waals surface area contributed by atoms with Crippen molar-refractivity contribution in [3.8, 4) is 33.4 Å². The second kappa shape index (κ2) is 14.1. The van der Waals surface area contributed by atoms with Gasteiger partial charge in [-0.05, 0) is 146 Å². The maximum absolute atomic E-state index is 6.46. The summed E-state index contributed by atoms with van der Waals surface area (Å²) in [6, 6.07) is 85.0. The van der Waals surface area contributed by atoms with Crippen molar-refractivity contribution < 1.29 is 4.42 Å². The van der Waals surface area contributed by atoms with Crippen LogP contribution < -0.4 is 9.80 Å². The average Bonchev–Trinajstić information content (AvgIpc) is 4.06. The Labute approximate surface area is 390 Å². The van der Waals surface area contributed by atoms with Crippen LogP contribution in [0.25, 0.3) is 55.3 Å². The molecule has 0 amide bonds. The van der Waals surface area contributed by atoms with Crippen molar-refractivity contribution in [2.45, 2.75) is 24.7 Å². The summed E-state index contributed by atoms with van der Waals surface area (Å²) in [7, 11) is 0. The lowest BCUT2D eigenvalue weighted by Crippen LogP contribution is -2.26. The zero-order chi connectivity index (χ0) is 44.4. The zero-order valence-electron chi connectivity index (χ0n) is 37.2. The molecule has 11 aromatic rings. The fraction of sp³-hybridized carbons (Fsp3) is 0.0625. The minimum absolute atomic E-state index is 0.125. The Morgan fingerprint density at radius 2 is 0.716 bits per heavy atom. The quantitative estimate of drug-likeness (QED) is 0.166. The molecule has 1 heterocycles. The molecule has 1 atom stereocenters. The number of hydrogen-bond acceptors (Lipinski definition) is 3. The topological polar surface area (TPSA) is 19.6 Å². The molecule has 0 aliphatic heterocycles. The number of benzene rings is 10. The van der Waals surface area contributed by atoms with Gasteiger partial charge in [0.25, 0.3) is 0 Å². The van der Waals surface area contributed by atoms with Crippen molar-refractivity contribution in [2.24, 2.45) is 0 Å². The number of furan rings is 1. The summed E-state index contributed by atoms with van der Waals surface area (Å²) < 4.78 is 6.46. The third kappa shape index (κ3) is 5.28. The fourth-order valence-corrected chi connectivity index (χ4v) is 12.1. The third-order valence-electron chi connectivity index (χ3n) is 15.0. The predicted molar refractivity (Wildman–Crippen MR) is 277 cm³/mol. The Hall–Kier alpha value is -8.40. The number of nitrogens with zero attached hydrogens (tertiary/aromatic N) is 2. The summed E-state index contributed by atoms with van der Waals surface area (Å²) >= 11 is 0. The minimum atomic E-state index is -0.541. The van der Waals surface area contributed by atoms with E-state index in [-0.39, 0.29) is 5.41 Å². The summed E-state index contributed by atoms with van der Waals surface area (Å²) in [5.74, 6) is 0. The van der Waals surface area contributed by atoms with Gasteiger partial charge in [0.2, 0.25) is 0 Å². The van der Waals surface area contributed by atoms with E-state index in [1.165, 1.54) is 66.8 Å². The number of hydrogen-bond donors (Lipinski definition) is 0. The van der Waals surface area contributed by atoms with E-state index in [0.29, 0.717) is 0 Å². The molecule has 10 aromatic carbocycles. The number of anilines is 6. The van der Waals surface area contributed by atoms with Crippen LogP contribution in [-0.2, 0) is 10.8 Å². The fourth-order valence-electron chi connectivity index (χ4n) is 12.1. The van der Waals surface area contributed by atoms with Crippen molar-refractivity contribution in [3.63, 3.8) is 0 Å². The molecule has 1 unspecified atom stereocenters. The van der Waals surface area contributed by atoms with E-state index >= 15 is 0 Å². The molecular weight excluding hydrogens is 813 g/mol. The van der Waals surface area contributed by atoms with Crippen LogP contribution in [0.3, 0.4) is 0 Å². The lowest BCUT2D eigenvalue weighted by Gasteiger charge is -2.33. The number of para-hydroxylation sites is 3. The molecule has 14 rings (SSSR count). The third-order valence-corrected chi connectivity index (χ3v) is 15.0. The van der Waals surface area contributed by atoms with Gasteiger partial charge in [-0.1, -0.05) is 159 Å². The zero-order valence-corrected chi connectivity index (χ0v) is 37.2. The molecule has 0 fully saturated rings. The summed E-state index contributed by atoms with van der Waals surface area (Å²) in [5, 5.41) is 2.25. The molecule has 1 aromatic heterocycles. The lowest BCUT2D eigenvalue weighted by molar-refractivity contribution is 0.660. The Bertz CT molecular complexity index is 3810. The first-order chi connectivity index (χ1) is 33.0. The molecule has 67 heavy (non-hydrogen) atoms. The standard InChI is InChI=1S/C64H44N2O/c1-63(2)55-25-13-9-21-47(55)50-33-29-44(38-59(50)63)66(42-19-7-4-8-20-42)45-30-34-51-48-22-10-14-26-56(48)64(60(51)39-45)57-27-15-11-23-49(57)54-37-43(32-36-58(54)64)65(41-17-5-3-6-18-41)46-31-35-53-52-24-12-16-28-61(52)67-62(53)40-46/h3-40H,1-2H3. The average molecular weight is 857 g/mol. The number of rotatable bonds is 6. The molecule has 0 saturated heterocycles. The maximum Gasteiger partial charge on any atom is 0.137 e. The molecule has 3 heteroatoms. The van der Waals surface area contributed by atoms with Gasteiger partial charge in [0.05, 0.1) is 5.41 Å². The second-order valence-electron chi connectivity index (χ2n) is 18.8. The SMILES string of the molecule is CC1(C)c2ccccc2-c2ccc(N(c3ccccc3)c3ccc4c(c3)C3(c5ccccc5-c5cc(N(c6ccccc6)c6ccc7c(c6)oc6ccccc67)ccc53)c3ccccc3-4)cc21. The van der Waals surface area contributed by atoms with E-state index in [2.05, 4.69) is 242 Å². The van der Waals surface area contributed by atoms with E-state index in [4.69, 9.17) is 4.42 Å². The molecule has 0 N–H and O–H groups in total. The monoisotopic (exact) mass is 856 g/mol. The van der Waals surface area contributed by atoms with Crippen molar-refractivity contribution >= 4 is 56.1 Å². The van der Waals surface area contributed by atoms with Gasteiger partial charge in [-0.25, -0.2) is 0 Å². The first kappa shape index (κ1) is 37.9. The molecule has 3 aliphatic rings. The van der Waals surface area contributed by atoms with Crippen LogP contribution in [0.2, 0.25) is 0 Å². The highest BCUT2D eigenvalue weighted by Crippen LogP contribution is 2.64. The highest BCUT2D eigenvalue weighted by molar-refractivity contribution is 6.06. The Balaban J connectivity index is 0.968. The summed E-state index contributed by atoms with van der Waals surface area (Å²) in [6.07, 6.45) is 0. The summed E-state index contributed by atoms with van der Waals surface area (Å²) in [6.45, 7) is 4.73. The predicted octanol–water partition coefficient (Wildman–Crippen LogP) is 17.2. The largest absolute Gasteiger partial charge is 0.456 e. The second-order valence-corrected chi connectivity index (χ2v) is 18.8. The van der Waals surface area contributed by atoms with Gasteiger partial charge in [-0.15, -0.1) is 0 Å². The maximum atomic E-state index is 6.46. The Morgan fingerprint density at radius 1 is 0.284 bits per heavy atom. The molecule has 0 bridgehead atoms. The highest BCUT2D eigenvalue weighted by Gasteiger charge is 2.52. The first-order valence-electron chi connectivity index (χ1n) is 23.3. The van der Waals surface area contributed by atoms with Crippen molar-refractivity contribution in [2.75, 3.05) is 9.80 Å². The normalized spacial score (nSPS) is 15.5. The number of fused-ring (bicyclic) bond motifs is 16. The van der Waals surface area contributed by atoms with Gasteiger partial charge in [0.1, 0.15) is 11.2 Å². The first-order valence-corrected chi connectivity index (χ1v) is 23.3. The highest BCUT2D eigenvalue weighted by atomic mass is 16.3. The van der Waals surface area contributed by atoms with Crippen molar-refractivity contribution in [1.29, 1.82) is 0 Å². The summed E-state index contributed by atoms with van der Waals surface area (Å²) in [5.41, 5.74) is 23.4. The molecule has 0 saturated carbocycles. The Morgan fingerprint density at radius 3 is 1.39 bits per heavy atom. The van der Waals surface area contributed by atoms with Gasteiger partial charge in [-0.2, -0.15) is 0 Å². The Kier molecular flexibility index (Phi) is 7.95. The van der Waals surface area contributed by atoms with Crippen LogP contribution in [0.4, 0.5) is 34.1 Å². The van der Waals surface area contributed by atoms with Gasteiger partial charge >= 0.3 is 0 Å². The van der Waals surface area contributed by atoms with Gasteiger partial charge in [-0.3, -0.25) is 0 Å². The smallest absolute Gasteiger partial charge is 0.137 e. The minimum Gasteiger partial charge on any atom is -0.456 e. The van der Waals surface area contributed by atoms with Crippen molar-refractivity contribution in [1.82, 2.24) is 0 Å². The molecule has 316 valence electrons. The molecule has 0 radical (unpaired) electrons. The molecule has 1 spiro atoms. The van der Waals surface area contributed by atoms with E-state index < -0.39 is 5.41 Å². The van der Waals surface area contributed by atoms with Gasteiger partial charge in [0, 0.05) is 56.4 Å². The van der Waals surface area contributed by atoms with Crippen LogP contribution in [-0.4, -0.2) is 0 Å². The van der Waals surface area contributed by atoms with Gasteiger partial charge < -0.3 is 14.2 Å². The van der Waals surface area contributed by atoms with Crippen LogP contribution in [0, 0.1) is 0 Å². The van der Waals surface area contributed by atoms with Crippen LogP contribution in [0.5, 0.6) is 0 Å². The van der Waals surface area contributed by atoms with Gasteiger partial charge in [0.15, 0.2) is 0 Å². The molecule has 3 nitrogen and oxygen atoms in total. The van der Waals surface area contributed by atoms with Crippen LogP contribution in [0.15, 0.2) is 235 Å². The van der Waals surface area contributed by atoms with E-state index in [9.17, 15) is 0 Å². The van der Waals surface area contributed by atoms with E-state index in [1.54, 1.807) is 0 Å². The van der Waals surface area contributed by atoms with E-state index in [0.717, 1.165) is 56.1 Å². The molecule has 3 aliphatic carbocycles.